The summed E-state index contributed by atoms with van der Waals surface area (Å²) in [5.74, 6) is -2.96. The van der Waals surface area contributed by atoms with Crippen LogP contribution in [-0.4, -0.2) is 11.8 Å². The average molecular weight is 318 g/mol. The zero-order valence-corrected chi connectivity index (χ0v) is 12.3. The molecule has 1 atom stereocenters. The van der Waals surface area contributed by atoms with E-state index < -0.39 is 29.5 Å². The van der Waals surface area contributed by atoms with Gasteiger partial charge in [-0.05, 0) is 29.7 Å². The number of aryl methyl sites for hydroxylation is 1. The van der Waals surface area contributed by atoms with Crippen LogP contribution in [0.15, 0.2) is 48.5 Å². The van der Waals surface area contributed by atoms with Gasteiger partial charge in [-0.2, -0.15) is 0 Å². The Morgan fingerprint density at radius 1 is 1.04 bits per heavy atom. The van der Waals surface area contributed by atoms with Gasteiger partial charge < -0.3 is 11.1 Å². The normalized spacial score (nSPS) is 11.7. The van der Waals surface area contributed by atoms with Crippen molar-refractivity contribution in [3.63, 3.8) is 0 Å². The van der Waals surface area contributed by atoms with E-state index in [2.05, 4.69) is 5.32 Å². The van der Waals surface area contributed by atoms with Crippen molar-refractivity contribution >= 4 is 11.8 Å². The summed E-state index contributed by atoms with van der Waals surface area (Å²) < 4.78 is 25.9. The number of hydrogen-bond donors (Lipinski definition) is 2. The molecule has 0 unspecified atom stereocenters. The Morgan fingerprint density at radius 2 is 1.74 bits per heavy atom. The molecule has 0 radical (unpaired) electrons. The van der Waals surface area contributed by atoms with E-state index in [1.807, 2.05) is 0 Å². The zero-order valence-electron chi connectivity index (χ0n) is 12.3. The van der Waals surface area contributed by atoms with Gasteiger partial charge >= 0.3 is 0 Å². The van der Waals surface area contributed by atoms with E-state index in [0.717, 1.165) is 12.1 Å². The van der Waals surface area contributed by atoms with E-state index in [-0.39, 0.29) is 12.8 Å². The minimum Gasteiger partial charge on any atom is -0.368 e. The highest BCUT2D eigenvalue weighted by atomic mass is 19.2. The maximum atomic E-state index is 13.1. The predicted molar refractivity (Wildman–Crippen MR) is 81.2 cm³/mol. The van der Waals surface area contributed by atoms with Crippen LogP contribution in [0, 0.1) is 11.6 Å². The topological polar surface area (TPSA) is 72.2 Å². The first kappa shape index (κ1) is 16.6. The lowest BCUT2D eigenvalue weighted by molar-refractivity contribution is -0.127. The molecule has 0 aliphatic rings. The van der Waals surface area contributed by atoms with E-state index in [1.165, 1.54) is 6.07 Å². The molecular weight excluding hydrogens is 302 g/mol. The molecule has 0 saturated carbocycles. The molecule has 0 bridgehead atoms. The van der Waals surface area contributed by atoms with Crippen LogP contribution in [0.25, 0.3) is 0 Å². The van der Waals surface area contributed by atoms with Crippen LogP contribution in [0.5, 0.6) is 0 Å². The first-order chi connectivity index (χ1) is 11.0. The molecule has 0 aliphatic carbocycles. The third-order valence-corrected chi connectivity index (χ3v) is 3.35. The molecule has 0 saturated heterocycles. The van der Waals surface area contributed by atoms with Gasteiger partial charge in [0.2, 0.25) is 11.8 Å². The summed E-state index contributed by atoms with van der Waals surface area (Å²) in [6.45, 7) is 0. The second-order valence-electron chi connectivity index (χ2n) is 5.06. The van der Waals surface area contributed by atoms with Gasteiger partial charge in [-0.25, -0.2) is 8.78 Å². The molecule has 2 aromatic carbocycles. The van der Waals surface area contributed by atoms with Gasteiger partial charge in [0.15, 0.2) is 11.6 Å². The summed E-state index contributed by atoms with van der Waals surface area (Å²) in [5.41, 5.74) is 6.40. The molecule has 4 nitrogen and oxygen atoms in total. The van der Waals surface area contributed by atoms with Gasteiger partial charge in [0.05, 0.1) is 0 Å². The molecule has 120 valence electrons. The van der Waals surface area contributed by atoms with Gasteiger partial charge in [-0.15, -0.1) is 0 Å². The lowest BCUT2D eigenvalue weighted by Crippen LogP contribution is -2.37. The van der Waals surface area contributed by atoms with Crippen molar-refractivity contribution in [2.75, 3.05) is 0 Å². The number of primary amides is 1. The van der Waals surface area contributed by atoms with E-state index in [9.17, 15) is 18.4 Å². The Kier molecular flexibility index (Phi) is 5.41. The highest BCUT2D eigenvalue weighted by Crippen LogP contribution is 2.13. The van der Waals surface area contributed by atoms with Crippen LogP contribution >= 0.6 is 0 Å². The van der Waals surface area contributed by atoms with Crippen LogP contribution in [0.3, 0.4) is 0 Å². The molecule has 0 aromatic heterocycles. The standard InChI is InChI=1S/C17H16F2N2O2/c18-13-8-6-11(10-14(13)19)7-9-15(22)21-16(17(20)23)12-4-2-1-3-5-12/h1-6,8,10,16H,7,9H2,(H2,20,23)(H,21,22)/t16-/m1/s1. The Labute approximate surface area is 132 Å². The molecule has 2 rings (SSSR count). The quantitative estimate of drug-likeness (QED) is 0.857. The number of nitrogens with one attached hydrogen (secondary N) is 1. The van der Waals surface area contributed by atoms with Gasteiger partial charge in [-0.3, -0.25) is 9.59 Å². The number of hydrogen-bond acceptors (Lipinski definition) is 2. The molecule has 3 N–H and O–H groups in total. The smallest absolute Gasteiger partial charge is 0.244 e. The number of rotatable bonds is 6. The maximum Gasteiger partial charge on any atom is 0.244 e. The van der Waals surface area contributed by atoms with E-state index in [1.54, 1.807) is 30.3 Å². The van der Waals surface area contributed by atoms with E-state index in [0.29, 0.717) is 11.1 Å². The predicted octanol–water partition coefficient (Wildman–Crippen LogP) is 2.24. The molecule has 6 heteroatoms. The minimum absolute atomic E-state index is 0.0295. The Bertz CT molecular complexity index is 705. The number of nitrogens with two attached hydrogens (primary N) is 1. The Balaban J connectivity index is 1.97. The van der Waals surface area contributed by atoms with E-state index >= 15 is 0 Å². The van der Waals surface area contributed by atoms with Crippen molar-refractivity contribution in [1.82, 2.24) is 5.32 Å². The Hall–Kier alpha value is -2.76. The van der Waals surface area contributed by atoms with Crippen LogP contribution in [0.4, 0.5) is 8.78 Å². The monoisotopic (exact) mass is 318 g/mol. The van der Waals surface area contributed by atoms with Crippen LogP contribution < -0.4 is 11.1 Å². The number of carbonyl (C=O) groups is 2. The van der Waals surface area contributed by atoms with Gasteiger partial charge in [0.1, 0.15) is 6.04 Å². The fraction of sp³-hybridized carbons (Fsp3) is 0.176. The van der Waals surface area contributed by atoms with E-state index in [4.69, 9.17) is 5.73 Å². The number of halogens is 2. The molecule has 0 spiro atoms. The largest absolute Gasteiger partial charge is 0.368 e. The number of carbonyl (C=O) groups excluding carboxylic acids is 2. The molecular formula is C17H16F2N2O2. The molecule has 0 heterocycles. The van der Waals surface area contributed by atoms with Crippen molar-refractivity contribution in [3.05, 3.63) is 71.3 Å². The SMILES string of the molecule is NC(=O)[C@H](NC(=O)CCc1ccc(F)c(F)c1)c1ccccc1. The second-order valence-corrected chi connectivity index (χ2v) is 5.06. The van der Waals surface area contributed by atoms with Gasteiger partial charge in [0.25, 0.3) is 0 Å². The highest BCUT2D eigenvalue weighted by Gasteiger charge is 2.19. The molecule has 2 amide bonds. The first-order valence-corrected chi connectivity index (χ1v) is 7.05. The lowest BCUT2D eigenvalue weighted by Gasteiger charge is -2.15. The summed E-state index contributed by atoms with van der Waals surface area (Å²) >= 11 is 0. The zero-order chi connectivity index (χ0) is 16.8. The molecule has 0 fully saturated rings. The van der Waals surface area contributed by atoms with Crippen LogP contribution in [0.2, 0.25) is 0 Å². The molecule has 23 heavy (non-hydrogen) atoms. The van der Waals surface area contributed by atoms with Crippen molar-refractivity contribution in [2.24, 2.45) is 5.73 Å². The summed E-state index contributed by atoms with van der Waals surface area (Å²) in [5, 5.41) is 2.55. The minimum atomic E-state index is -0.956. The van der Waals surface area contributed by atoms with Crippen molar-refractivity contribution in [1.29, 1.82) is 0 Å². The molecule has 0 aliphatic heterocycles. The summed E-state index contributed by atoms with van der Waals surface area (Å²) in [6, 6.07) is 11.2. The second kappa shape index (κ2) is 7.49. The van der Waals surface area contributed by atoms with Crippen LogP contribution in [-0.2, 0) is 16.0 Å². The average Bonchev–Trinajstić information content (AvgIpc) is 2.54. The number of amides is 2. The van der Waals surface area contributed by atoms with Gasteiger partial charge in [0, 0.05) is 6.42 Å². The van der Waals surface area contributed by atoms with Gasteiger partial charge in [-0.1, -0.05) is 36.4 Å². The first-order valence-electron chi connectivity index (χ1n) is 7.05. The third kappa shape index (κ3) is 4.60. The third-order valence-electron chi connectivity index (χ3n) is 3.35. The van der Waals surface area contributed by atoms with Crippen LogP contribution in [0.1, 0.15) is 23.6 Å². The molecule has 2 aromatic rings. The fourth-order valence-corrected chi connectivity index (χ4v) is 2.15. The Morgan fingerprint density at radius 3 is 2.35 bits per heavy atom. The van der Waals surface area contributed by atoms with Crippen molar-refractivity contribution < 1.29 is 18.4 Å². The maximum absolute atomic E-state index is 13.1. The fourth-order valence-electron chi connectivity index (χ4n) is 2.15. The summed E-state index contributed by atoms with van der Waals surface area (Å²) in [4.78, 5) is 23.5. The van der Waals surface area contributed by atoms with Crippen molar-refractivity contribution in [2.45, 2.75) is 18.9 Å². The summed E-state index contributed by atoms with van der Waals surface area (Å²) in [6.07, 6.45) is 0.255. The number of benzene rings is 2. The highest BCUT2D eigenvalue weighted by molar-refractivity contribution is 5.87. The van der Waals surface area contributed by atoms with Crippen molar-refractivity contribution in [3.8, 4) is 0 Å². The lowest BCUT2D eigenvalue weighted by atomic mass is 10.1. The summed E-state index contributed by atoms with van der Waals surface area (Å²) in [7, 11) is 0.